The van der Waals surface area contributed by atoms with Gasteiger partial charge in [-0.05, 0) is 12.5 Å². The molecule has 0 spiro atoms. The van der Waals surface area contributed by atoms with Gasteiger partial charge in [0.05, 0.1) is 0 Å². The second-order valence-corrected chi connectivity index (χ2v) is 8.18. The van der Waals surface area contributed by atoms with Crippen LogP contribution in [0.5, 0.6) is 0 Å². The van der Waals surface area contributed by atoms with E-state index in [1.54, 1.807) is 13.8 Å². The van der Waals surface area contributed by atoms with Gasteiger partial charge in [-0.2, -0.15) is 13.2 Å². The van der Waals surface area contributed by atoms with Crippen LogP contribution in [0.25, 0.3) is 0 Å². The highest BCUT2D eigenvalue weighted by molar-refractivity contribution is 6.78. The molecule has 106 valence electrons. The Morgan fingerprint density at radius 3 is 1.67 bits per heavy atom. The molecule has 0 aromatic rings. The van der Waals surface area contributed by atoms with E-state index in [0.29, 0.717) is 0 Å². The Morgan fingerprint density at radius 2 is 1.50 bits per heavy atom. The first-order valence-electron chi connectivity index (χ1n) is 5.26. The first-order valence-corrected chi connectivity index (χ1v) is 7.23. The molecule has 1 atom stereocenters. The van der Waals surface area contributed by atoms with Gasteiger partial charge in [0.1, 0.15) is 11.3 Å². The molecule has 0 saturated heterocycles. The molecule has 0 bridgehead atoms. The number of hydrogen-bond acceptors (Lipinski definition) is 4. The maximum absolute atomic E-state index is 12.5. The molecule has 0 N–H and O–H groups in total. The maximum Gasteiger partial charge on any atom is 0.450 e. The fraction of sp³-hybridized carbons (Fsp3) is 0.800. The van der Waals surface area contributed by atoms with E-state index >= 15 is 0 Å². The lowest BCUT2D eigenvalue weighted by Crippen LogP contribution is -2.55. The maximum atomic E-state index is 12.5. The summed E-state index contributed by atoms with van der Waals surface area (Å²) in [5.41, 5.74) is -2.37. The molecule has 0 fully saturated rings. The molecular formula is C10H17F3O4Si. The number of alkyl halides is 3. The molecule has 0 saturated carbocycles. The van der Waals surface area contributed by atoms with E-state index in [0.717, 1.165) is 21.1 Å². The normalized spacial score (nSPS) is 14.7. The van der Waals surface area contributed by atoms with Gasteiger partial charge >= 0.3 is 14.7 Å². The van der Waals surface area contributed by atoms with Crippen molar-refractivity contribution in [3.63, 3.8) is 0 Å². The average Bonchev–Trinajstić information content (AvgIpc) is 2.22. The van der Waals surface area contributed by atoms with Crippen molar-refractivity contribution in [3.05, 3.63) is 0 Å². The Kier molecular flexibility index (Phi) is 5.70. The van der Waals surface area contributed by atoms with Crippen LogP contribution in [0.1, 0.15) is 20.8 Å². The van der Waals surface area contributed by atoms with Crippen LogP contribution >= 0.6 is 0 Å². The second-order valence-electron chi connectivity index (χ2n) is 4.19. The largest absolute Gasteiger partial charge is 0.450 e. The summed E-state index contributed by atoms with van der Waals surface area (Å²) in [6, 6.07) is 0. The predicted octanol–water partition coefficient (Wildman–Crippen LogP) is 2.22. The summed E-state index contributed by atoms with van der Waals surface area (Å²) in [5.74, 6) is -2.99. The van der Waals surface area contributed by atoms with E-state index in [-0.39, 0.29) is 0 Å². The summed E-state index contributed by atoms with van der Waals surface area (Å²) >= 11 is 0. The number of rotatable bonds is 6. The van der Waals surface area contributed by atoms with Crippen LogP contribution in [0.4, 0.5) is 13.2 Å². The number of carbonyl (C=O) groups is 2. The quantitative estimate of drug-likeness (QED) is 0.555. The molecule has 0 heterocycles. The zero-order valence-corrected chi connectivity index (χ0v) is 11.9. The summed E-state index contributed by atoms with van der Waals surface area (Å²) in [4.78, 5) is 22.9. The Balaban J connectivity index is 5.73. The number of halogens is 3. The lowest BCUT2D eigenvalue weighted by Gasteiger charge is -2.36. The number of carbonyl (C=O) groups excluding carboxylic acids is 2. The molecular weight excluding hydrogens is 269 g/mol. The molecule has 0 aromatic carbocycles. The molecule has 18 heavy (non-hydrogen) atoms. The molecule has 0 radical (unpaired) electrons. The first kappa shape index (κ1) is 17.3. The Morgan fingerprint density at radius 1 is 1.11 bits per heavy atom. The van der Waals surface area contributed by atoms with Gasteiger partial charge in [-0.1, -0.05) is 13.8 Å². The Hall–Kier alpha value is -0.733. The summed E-state index contributed by atoms with van der Waals surface area (Å²) in [6.07, 6.45) is -5.08. The summed E-state index contributed by atoms with van der Waals surface area (Å²) in [5, 5.41) is 0. The van der Waals surface area contributed by atoms with Crippen molar-refractivity contribution in [1.29, 1.82) is 0 Å². The predicted molar refractivity (Wildman–Crippen MR) is 60.4 cm³/mol. The molecule has 0 aromatic heterocycles. The van der Waals surface area contributed by atoms with Crippen molar-refractivity contribution < 1.29 is 31.6 Å². The fourth-order valence-corrected chi connectivity index (χ4v) is 5.28. The van der Waals surface area contributed by atoms with Crippen LogP contribution in [0.3, 0.4) is 0 Å². The van der Waals surface area contributed by atoms with E-state index in [9.17, 15) is 22.8 Å². The highest BCUT2D eigenvalue weighted by Gasteiger charge is 2.60. The molecule has 0 amide bonds. The van der Waals surface area contributed by atoms with Gasteiger partial charge in [0, 0.05) is 14.2 Å². The van der Waals surface area contributed by atoms with Gasteiger partial charge in [-0.25, -0.2) is 0 Å². The molecule has 0 aliphatic carbocycles. The molecule has 8 heteroatoms. The van der Waals surface area contributed by atoms with Crippen LogP contribution in [0.2, 0.25) is 11.1 Å². The SMILES string of the molecule is CO[Si](OC)(C(C)C)C(C(C)=O)C(=O)C(F)(F)F. The second kappa shape index (κ2) is 5.94. The zero-order valence-electron chi connectivity index (χ0n) is 10.9. The summed E-state index contributed by atoms with van der Waals surface area (Å²) in [6.45, 7) is 4.08. The zero-order chi connectivity index (χ0) is 14.7. The van der Waals surface area contributed by atoms with Crippen molar-refractivity contribution >= 4 is 20.1 Å². The van der Waals surface area contributed by atoms with Crippen molar-refractivity contribution in [1.82, 2.24) is 0 Å². The van der Waals surface area contributed by atoms with Crippen molar-refractivity contribution in [2.24, 2.45) is 0 Å². The number of hydrogen-bond donors (Lipinski definition) is 0. The molecule has 1 unspecified atom stereocenters. The van der Waals surface area contributed by atoms with Gasteiger partial charge in [0.2, 0.25) is 5.78 Å². The average molecular weight is 286 g/mol. The highest BCUT2D eigenvalue weighted by atomic mass is 28.4. The summed E-state index contributed by atoms with van der Waals surface area (Å²) < 4.78 is 47.7. The topological polar surface area (TPSA) is 52.6 Å². The van der Waals surface area contributed by atoms with Crippen LogP contribution in [0, 0.1) is 0 Å². The minimum atomic E-state index is -5.08. The minimum Gasteiger partial charge on any atom is -0.397 e. The minimum absolute atomic E-state index is 0.479. The smallest absolute Gasteiger partial charge is 0.397 e. The third kappa shape index (κ3) is 3.18. The van der Waals surface area contributed by atoms with E-state index in [4.69, 9.17) is 8.85 Å². The highest BCUT2D eigenvalue weighted by Crippen LogP contribution is 2.39. The van der Waals surface area contributed by atoms with Crippen LogP contribution in [-0.2, 0) is 18.4 Å². The van der Waals surface area contributed by atoms with Gasteiger partial charge in [0.25, 0.3) is 0 Å². The fourth-order valence-electron chi connectivity index (χ4n) is 1.94. The summed E-state index contributed by atoms with van der Waals surface area (Å²) in [7, 11) is -1.28. The third-order valence-electron chi connectivity index (χ3n) is 2.79. The number of ketones is 2. The molecule has 0 aliphatic heterocycles. The van der Waals surface area contributed by atoms with Crippen molar-refractivity contribution in [2.45, 2.75) is 38.0 Å². The third-order valence-corrected chi connectivity index (χ3v) is 7.15. The molecule has 4 nitrogen and oxygen atoms in total. The van der Waals surface area contributed by atoms with E-state index in [2.05, 4.69) is 0 Å². The number of Topliss-reactive ketones (excluding diaryl/α,β-unsaturated/α-hetero) is 2. The molecule has 0 aliphatic rings. The lowest BCUT2D eigenvalue weighted by atomic mass is 10.2. The van der Waals surface area contributed by atoms with E-state index < -0.39 is 37.4 Å². The van der Waals surface area contributed by atoms with Gasteiger partial charge in [-0.3, -0.25) is 9.59 Å². The van der Waals surface area contributed by atoms with Crippen LogP contribution in [-0.4, -0.2) is 40.5 Å². The van der Waals surface area contributed by atoms with Gasteiger partial charge in [-0.15, -0.1) is 0 Å². The van der Waals surface area contributed by atoms with Crippen LogP contribution < -0.4 is 0 Å². The van der Waals surface area contributed by atoms with Gasteiger partial charge in [0.15, 0.2) is 0 Å². The van der Waals surface area contributed by atoms with E-state index in [1.165, 1.54) is 0 Å². The van der Waals surface area contributed by atoms with E-state index in [1.807, 2.05) is 0 Å². The van der Waals surface area contributed by atoms with Gasteiger partial charge < -0.3 is 8.85 Å². The van der Waals surface area contributed by atoms with Crippen LogP contribution in [0.15, 0.2) is 0 Å². The first-order chi connectivity index (χ1) is 8.04. The standard InChI is InChI=1S/C10H17F3O4Si/c1-6(2)18(16-4,17-5)8(7(3)14)9(15)10(11,12)13/h6,8H,1-5H3. The Labute approximate surface area is 105 Å². The molecule has 0 rings (SSSR count). The van der Waals surface area contributed by atoms with Crippen molar-refractivity contribution in [2.75, 3.05) is 14.2 Å². The monoisotopic (exact) mass is 286 g/mol. The van der Waals surface area contributed by atoms with Crippen molar-refractivity contribution in [3.8, 4) is 0 Å². The Bertz CT molecular complexity index is 324. The lowest BCUT2D eigenvalue weighted by molar-refractivity contribution is -0.172.